The first-order valence-electron chi connectivity index (χ1n) is 6.82. The molecule has 18 heavy (non-hydrogen) atoms. The Morgan fingerprint density at radius 3 is 2.94 bits per heavy atom. The molecule has 1 saturated heterocycles. The summed E-state index contributed by atoms with van der Waals surface area (Å²) in [5, 5.41) is 6.27. The molecule has 5 heteroatoms. The molecular formula is C13H27N3O2. The van der Waals surface area contributed by atoms with Crippen LogP contribution in [-0.2, 0) is 9.53 Å². The second kappa shape index (κ2) is 8.45. The number of ether oxygens (including phenoxy) is 1. The molecule has 106 valence electrons. The highest BCUT2D eigenvalue weighted by atomic mass is 16.5. The zero-order chi connectivity index (χ0) is 13.4. The van der Waals surface area contributed by atoms with Crippen LogP contribution in [0.1, 0.15) is 19.8 Å². The molecule has 1 aliphatic rings. The molecule has 1 heterocycles. The van der Waals surface area contributed by atoms with Crippen molar-refractivity contribution in [1.29, 1.82) is 0 Å². The Labute approximate surface area is 110 Å². The molecule has 0 radical (unpaired) electrons. The SMILES string of the molecule is COCCN(C)CCNC(=O)C1CC(C)CCN1. The largest absolute Gasteiger partial charge is 0.383 e. The highest BCUT2D eigenvalue weighted by Gasteiger charge is 2.23. The Hall–Kier alpha value is -0.650. The summed E-state index contributed by atoms with van der Waals surface area (Å²) in [4.78, 5) is 14.1. The lowest BCUT2D eigenvalue weighted by molar-refractivity contribution is -0.124. The van der Waals surface area contributed by atoms with E-state index in [4.69, 9.17) is 4.74 Å². The van der Waals surface area contributed by atoms with Gasteiger partial charge in [0.2, 0.25) is 5.91 Å². The van der Waals surface area contributed by atoms with E-state index in [0.29, 0.717) is 12.5 Å². The Morgan fingerprint density at radius 1 is 1.50 bits per heavy atom. The van der Waals surface area contributed by atoms with Crippen molar-refractivity contribution in [1.82, 2.24) is 15.5 Å². The highest BCUT2D eigenvalue weighted by Crippen LogP contribution is 2.14. The third-order valence-corrected chi connectivity index (χ3v) is 3.45. The fraction of sp³-hybridized carbons (Fsp3) is 0.923. The van der Waals surface area contributed by atoms with Crippen molar-refractivity contribution < 1.29 is 9.53 Å². The van der Waals surface area contributed by atoms with Crippen LogP contribution in [0.3, 0.4) is 0 Å². The number of rotatable bonds is 7. The quantitative estimate of drug-likeness (QED) is 0.678. The number of methoxy groups -OCH3 is 1. The number of nitrogens with one attached hydrogen (secondary N) is 2. The van der Waals surface area contributed by atoms with Gasteiger partial charge in [0.25, 0.3) is 0 Å². The Balaban J connectivity index is 2.12. The second-order valence-electron chi connectivity index (χ2n) is 5.22. The number of nitrogens with zero attached hydrogens (tertiary/aromatic N) is 1. The minimum atomic E-state index is -0.00182. The summed E-state index contributed by atoms with van der Waals surface area (Å²) >= 11 is 0. The van der Waals surface area contributed by atoms with Gasteiger partial charge in [0.1, 0.15) is 0 Å². The molecule has 1 amide bonds. The zero-order valence-corrected chi connectivity index (χ0v) is 11.9. The molecule has 2 atom stereocenters. The van der Waals surface area contributed by atoms with Gasteiger partial charge >= 0.3 is 0 Å². The van der Waals surface area contributed by atoms with Gasteiger partial charge in [-0.2, -0.15) is 0 Å². The fourth-order valence-corrected chi connectivity index (χ4v) is 2.16. The molecule has 0 aromatic carbocycles. The van der Waals surface area contributed by atoms with E-state index in [9.17, 15) is 4.79 Å². The van der Waals surface area contributed by atoms with Crippen molar-refractivity contribution >= 4 is 5.91 Å². The van der Waals surface area contributed by atoms with Crippen molar-refractivity contribution in [3.8, 4) is 0 Å². The molecule has 1 aliphatic heterocycles. The average Bonchev–Trinajstić information content (AvgIpc) is 2.36. The Bertz CT molecular complexity index is 248. The van der Waals surface area contributed by atoms with Crippen LogP contribution in [0.15, 0.2) is 0 Å². The van der Waals surface area contributed by atoms with E-state index in [1.165, 1.54) is 6.42 Å². The van der Waals surface area contributed by atoms with Crippen LogP contribution < -0.4 is 10.6 Å². The lowest BCUT2D eigenvalue weighted by Gasteiger charge is -2.27. The molecule has 0 bridgehead atoms. The number of piperidine rings is 1. The number of carbonyl (C=O) groups excluding carboxylic acids is 1. The Morgan fingerprint density at radius 2 is 2.28 bits per heavy atom. The van der Waals surface area contributed by atoms with Crippen LogP contribution >= 0.6 is 0 Å². The van der Waals surface area contributed by atoms with Crippen molar-refractivity contribution in [3.63, 3.8) is 0 Å². The van der Waals surface area contributed by atoms with Gasteiger partial charge in [-0.05, 0) is 32.4 Å². The van der Waals surface area contributed by atoms with Gasteiger partial charge in [-0.3, -0.25) is 4.79 Å². The highest BCUT2D eigenvalue weighted by molar-refractivity contribution is 5.81. The first-order valence-corrected chi connectivity index (χ1v) is 6.82. The molecule has 1 rings (SSSR count). The summed E-state index contributed by atoms with van der Waals surface area (Å²) in [6.07, 6.45) is 2.12. The average molecular weight is 257 g/mol. The van der Waals surface area contributed by atoms with Crippen LogP contribution in [-0.4, -0.2) is 63.8 Å². The van der Waals surface area contributed by atoms with E-state index >= 15 is 0 Å². The number of hydrogen-bond acceptors (Lipinski definition) is 4. The molecule has 0 saturated carbocycles. The maximum Gasteiger partial charge on any atom is 0.237 e. The van der Waals surface area contributed by atoms with Gasteiger partial charge in [-0.25, -0.2) is 0 Å². The van der Waals surface area contributed by atoms with E-state index < -0.39 is 0 Å². The summed E-state index contributed by atoms with van der Waals surface area (Å²) in [7, 11) is 3.73. The lowest BCUT2D eigenvalue weighted by atomic mass is 9.94. The minimum Gasteiger partial charge on any atom is -0.383 e. The van der Waals surface area contributed by atoms with Crippen LogP contribution in [0.4, 0.5) is 0 Å². The van der Waals surface area contributed by atoms with Gasteiger partial charge in [0.05, 0.1) is 12.6 Å². The van der Waals surface area contributed by atoms with Crippen molar-refractivity contribution in [2.75, 3.05) is 46.9 Å². The third kappa shape index (κ3) is 5.80. The van der Waals surface area contributed by atoms with Crippen LogP contribution in [0.2, 0.25) is 0 Å². The molecule has 0 aliphatic carbocycles. The molecule has 0 aromatic heterocycles. The molecule has 2 N–H and O–H groups in total. The molecule has 0 aromatic rings. The minimum absolute atomic E-state index is 0.00182. The van der Waals surface area contributed by atoms with E-state index in [2.05, 4.69) is 22.5 Å². The van der Waals surface area contributed by atoms with E-state index in [1.807, 2.05) is 7.05 Å². The zero-order valence-electron chi connectivity index (χ0n) is 11.9. The smallest absolute Gasteiger partial charge is 0.237 e. The van der Waals surface area contributed by atoms with Crippen LogP contribution in [0, 0.1) is 5.92 Å². The van der Waals surface area contributed by atoms with Gasteiger partial charge in [0.15, 0.2) is 0 Å². The maximum atomic E-state index is 11.9. The summed E-state index contributed by atoms with van der Waals surface area (Å²) in [6.45, 7) is 6.34. The second-order valence-corrected chi connectivity index (χ2v) is 5.22. The van der Waals surface area contributed by atoms with Crippen LogP contribution in [0.5, 0.6) is 0 Å². The van der Waals surface area contributed by atoms with E-state index in [-0.39, 0.29) is 11.9 Å². The number of hydrogen-bond donors (Lipinski definition) is 2. The maximum absolute atomic E-state index is 11.9. The summed E-state index contributed by atoms with van der Waals surface area (Å²) in [5.41, 5.74) is 0. The van der Waals surface area contributed by atoms with Crippen LogP contribution in [0.25, 0.3) is 0 Å². The van der Waals surface area contributed by atoms with E-state index in [0.717, 1.165) is 32.7 Å². The predicted octanol–water partition coefficient (Wildman–Crippen LogP) is 0.0689. The first-order chi connectivity index (χ1) is 8.63. The summed E-state index contributed by atoms with van der Waals surface area (Å²) in [6, 6.07) is -0.00182. The van der Waals surface area contributed by atoms with Crippen molar-refractivity contribution in [3.05, 3.63) is 0 Å². The molecule has 2 unspecified atom stereocenters. The molecular weight excluding hydrogens is 230 g/mol. The van der Waals surface area contributed by atoms with Gasteiger partial charge in [-0.15, -0.1) is 0 Å². The number of carbonyl (C=O) groups is 1. The van der Waals surface area contributed by atoms with Gasteiger partial charge in [-0.1, -0.05) is 6.92 Å². The fourth-order valence-electron chi connectivity index (χ4n) is 2.16. The first kappa shape index (κ1) is 15.4. The molecule has 1 fully saturated rings. The Kier molecular flexibility index (Phi) is 7.23. The molecule has 5 nitrogen and oxygen atoms in total. The van der Waals surface area contributed by atoms with Crippen molar-refractivity contribution in [2.24, 2.45) is 5.92 Å². The summed E-state index contributed by atoms with van der Waals surface area (Å²) in [5.74, 6) is 0.785. The number of likely N-dealkylation sites (N-methyl/N-ethyl adjacent to an activating group) is 1. The normalized spacial score (nSPS) is 24.2. The summed E-state index contributed by atoms with van der Waals surface area (Å²) < 4.78 is 5.01. The number of amides is 1. The topological polar surface area (TPSA) is 53.6 Å². The monoisotopic (exact) mass is 257 g/mol. The lowest BCUT2D eigenvalue weighted by Crippen LogP contribution is -2.49. The third-order valence-electron chi connectivity index (χ3n) is 3.45. The van der Waals surface area contributed by atoms with E-state index in [1.54, 1.807) is 7.11 Å². The predicted molar refractivity (Wildman–Crippen MR) is 72.6 cm³/mol. The van der Waals surface area contributed by atoms with Gasteiger partial charge < -0.3 is 20.3 Å². The molecule has 0 spiro atoms. The van der Waals surface area contributed by atoms with Gasteiger partial charge in [0, 0.05) is 26.7 Å². The standard InChI is InChI=1S/C13H27N3O2/c1-11-4-5-14-12(10-11)13(17)15-6-7-16(2)8-9-18-3/h11-12,14H,4-10H2,1-3H3,(H,15,17). The van der Waals surface area contributed by atoms with Crippen molar-refractivity contribution in [2.45, 2.75) is 25.8 Å².